The number of hydrogen-bond acceptors (Lipinski definition) is 3. The van der Waals surface area contributed by atoms with Gasteiger partial charge in [0.05, 0.1) is 5.69 Å². The topological polar surface area (TPSA) is 29.3 Å². The van der Waals surface area contributed by atoms with Crippen molar-refractivity contribution in [3.63, 3.8) is 0 Å². The van der Waals surface area contributed by atoms with E-state index in [1.54, 1.807) is 0 Å². The molecule has 0 fully saturated rings. The molecule has 0 aliphatic carbocycles. The highest BCUT2D eigenvalue weighted by atomic mass is 16.3. The van der Waals surface area contributed by atoms with Crippen LogP contribution < -0.4 is 4.90 Å². The number of fused-ring (bicyclic) bond motifs is 5. The lowest BCUT2D eigenvalue weighted by Gasteiger charge is -2.26. The maximum Gasteiger partial charge on any atom is 0.143 e. The van der Waals surface area contributed by atoms with E-state index >= 15 is 0 Å². The third kappa shape index (κ3) is 4.81. The Balaban J connectivity index is 1.18. The van der Waals surface area contributed by atoms with Gasteiger partial charge in [0.2, 0.25) is 0 Å². The lowest BCUT2D eigenvalue weighted by Crippen LogP contribution is -2.09. The van der Waals surface area contributed by atoms with Crippen molar-refractivity contribution in [3.05, 3.63) is 182 Å². The molecule has 0 bridgehead atoms. The lowest BCUT2D eigenvalue weighted by atomic mass is 9.94. The van der Waals surface area contributed by atoms with Crippen LogP contribution in [0.1, 0.15) is 0 Å². The molecule has 0 spiro atoms. The van der Waals surface area contributed by atoms with Gasteiger partial charge in [-0.25, -0.2) is 0 Å². The Morgan fingerprint density at radius 1 is 0.438 bits per heavy atom. The number of pyridine rings is 1. The Kier molecular flexibility index (Phi) is 6.80. The Morgan fingerprint density at radius 3 is 1.79 bits per heavy atom. The van der Waals surface area contributed by atoms with Gasteiger partial charge in [0.25, 0.3) is 0 Å². The van der Waals surface area contributed by atoms with Crippen molar-refractivity contribution in [2.24, 2.45) is 0 Å². The zero-order chi connectivity index (χ0) is 31.9. The lowest BCUT2D eigenvalue weighted by molar-refractivity contribution is 0.670. The molecule has 48 heavy (non-hydrogen) atoms. The standard InChI is InChI=1S/C45H30N2O/c1-3-12-31(13-4-1)32-21-25-36(26-22-32)47(35-15-5-2-6-16-35)37-27-23-33(24-28-37)40-30-34-14-7-8-17-38(34)44-43-39(41-19-9-10-29-46-41)18-11-20-42(43)48-45(40)44/h1-30H. The summed E-state index contributed by atoms with van der Waals surface area (Å²) in [5.74, 6) is 0. The van der Waals surface area contributed by atoms with Gasteiger partial charge in [0, 0.05) is 45.2 Å². The van der Waals surface area contributed by atoms with Gasteiger partial charge < -0.3 is 9.32 Å². The van der Waals surface area contributed by atoms with Crippen molar-refractivity contribution in [3.8, 4) is 33.5 Å². The van der Waals surface area contributed by atoms with Gasteiger partial charge in [-0.3, -0.25) is 4.98 Å². The molecule has 0 saturated carbocycles. The van der Waals surface area contributed by atoms with Crippen molar-refractivity contribution in [1.29, 1.82) is 0 Å². The number of furan rings is 1. The van der Waals surface area contributed by atoms with Crippen LogP contribution in [0.25, 0.3) is 66.2 Å². The minimum atomic E-state index is 0.858. The Morgan fingerprint density at radius 2 is 1.06 bits per heavy atom. The molecule has 3 nitrogen and oxygen atoms in total. The Bertz CT molecular complexity index is 2520. The first-order valence-corrected chi connectivity index (χ1v) is 16.2. The monoisotopic (exact) mass is 614 g/mol. The second kappa shape index (κ2) is 11.7. The third-order valence-electron chi connectivity index (χ3n) is 9.11. The molecule has 226 valence electrons. The van der Waals surface area contributed by atoms with E-state index in [2.05, 4.69) is 169 Å². The van der Waals surface area contributed by atoms with Crippen molar-refractivity contribution in [2.75, 3.05) is 4.90 Å². The highest BCUT2D eigenvalue weighted by molar-refractivity contribution is 6.25. The van der Waals surface area contributed by atoms with Crippen LogP contribution in [-0.2, 0) is 0 Å². The number of benzene rings is 7. The van der Waals surface area contributed by atoms with Gasteiger partial charge in [-0.15, -0.1) is 0 Å². The van der Waals surface area contributed by atoms with Gasteiger partial charge in [0.1, 0.15) is 11.2 Å². The van der Waals surface area contributed by atoms with Crippen LogP contribution in [0, 0.1) is 0 Å². The molecule has 9 rings (SSSR count). The minimum Gasteiger partial charge on any atom is -0.455 e. The predicted octanol–water partition coefficient (Wildman–Crippen LogP) is 12.6. The summed E-state index contributed by atoms with van der Waals surface area (Å²) in [6, 6.07) is 61.8. The molecule has 0 radical (unpaired) electrons. The van der Waals surface area contributed by atoms with Gasteiger partial charge in [0.15, 0.2) is 0 Å². The van der Waals surface area contributed by atoms with Gasteiger partial charge >= 0.3 is 0 Å². The van der Waals surface area contributed by atoms with E-state index in [4.69, 9.17) is 9.40 Å². The first-order valence-electron chi connectivity index (χ1n) is 16.2. The first kappa shape index (κ1) is 27.8. The summed E-state index contributed by atoms with van der Waals surface area (Å²) in [5, 5.41) is 4.55. The molecule has 7 aromatic carbocycles. The molecule has 0 aliphatic heterocycles. The van der Waals surface area contributed by atoms with Crippen LogP contribution in [0.4, 0.5) is 17.1 Å². The third-order valence-corrected chi connectivity index (χ3v) is 9.11. The van der Waals surface area contributed by atoms with E-state index in [1.165, 1.54) is 21.9 Å². The maximum atomic E-state index is 6.73. The quantitative estimate of drug-likeness (QED) is 0.187. The van der Waals surface area contributed by atoms with Crippen LogP contribution in [0.15, 0.2) is 187 Å². The fourth-order valence-electron chi connectivity index (χ4n) is 6.86. The molecule has 2 aromatic heterocycles. The SMILES string of the molecule is c1ccc(-c2ccc(N(c3ccccc3)c3ccc(-c4cc5ccccc5c5c4oc4cccc(-c6ccccn6)c45)cc3)cc2)cc1. The van der Waals surface area contributed by atoms with Crippen LogP contribution >= 0.6 is 0 Å². The molecule has 3 heteroatoms. The highest BCUT2D eigenvalue weighted by Crippen LogP contribution is 2.45. The zero-order valence-electron chi connectivity index (χ0n) is 26.1. The summed E-state index contributed by atoms with van der Waals surface area (Å²) >= 11 is 0. The number of rotatable bonds is 6. The Hall–Kier alpha value is -6.45. The van der Waals surface area contributed by atoms with Gasteiger partial charge in [-0.1, -0.05) is 115 Å². The van der Waals surface area contributed by atoms with Crippen molar-refractivity contribution in [1.82, 2.24) is 4.98 Å². The average molecular weight is 615 g/mol. The van der Waals surface area contributed by atoms with E-state index in [0.717, 1.165) is 61.4 Å². The van der Waals surface area contributed by atoms with E-state index in [0.29, 0.717) is 0 Å². The average Bonchev–Trinajstić information content (AvgIpc) is 3.57. The van der Waals surface area contributed by atoms with Crippen LogP contribution in [0.5, 0.6) is 0 Å². The van der Waals surface area contributed by atoms with Gasteiger partial charge in [-0.2, -0.15) is 0 Å². The predicted molar refractivity (Wildman–Crippen MR) is 200 cm³/mol. The van der Waals surface area contributed by atoms with Crippen LogP contribution in [-0.4, -0.2) is 4.98 Å². The largest absolute Gasteiger partial charge is 0.455 e. The molecule has 9 aromatic rings. The second-order valence-electron chi connectivity index (χ2n) is 12.0. The van der Waals surface area contributed by atoms with Gasteiger partial charge in [-0.05, 0) is 88.1 Å². The fraction of sp³-hybridized carbons (Fsp3) is 0. The summed E-state index contributed by atoms with van der Waals surface area (Å²) in [5.41, 5.74) is 11.6. The molecule has 0 N–H and O–H groups in total. The fourth-order valence-corrected chi connectivity index (χ4v) is 6.86. The molecule has 0 aliphatic rings. The number of anilines is 3. The highest BCUT2D eigenvalue weighted by Gasteiger charge is 2.20. The Labute approximate surface area is 279 Å². The van der Waals surface area contributed by atoms with E-state index in [-0.39, 0.29) is 0 Å². The summed E-state index contributed by atoms with van der Waals surface area (Å²) in [4.78, 5) is 7.00. The molecule has 0 atom stereocenters. The molecule has 0 unspecified atom stereocenters. The van der Waals surface area contributed by atoms with Crippen molar-refractivity contribution in [2.45, 2.75) is 0 Å². The summed E-state index contributed by atoms with van der Waals surface area (Å²) in [7, 11) is 0. The number of aromatic nitrogens is 1. The number of nitrogens with zero attached hydrogens (tertiary/aromatic N) is 2. The second-order valence-corrected chi connectivity index (χ2v) is 12.0. The minimum absolute atomic E-state index is 0.858. The molecular weight excluding hydrogens is 585 g/mol. The van der Waals surface area contributed by atoms with Crippen LogP contribution in [0.3, 0.4) is 0 Å². The first-order chi connectivity index (χ1) is 23.8. The smallest absolute Gasteiger partial charge is 0.143 e. The molecular formula is C45H30N2O. The van der Waals surface area contributed by atoms with Crippen molar-refractivity contribution < 1.29 is 4.42 Å². The van der Waals surface area contributed by atoms with E-state index in [9.17, 15) is 0 Å². The normalized spacial score (nSPS) is 11.3. The molecule has 0 amide bonds. The number of hydrogen-bond donors (Lipinski definition) is 0. The van der Waals surface area contributed by atoms with Crippen molar-refractivity contribution >= 4 is 49.8 Å². The summed E-state index contributed by atoms with van der Waals surface area (Å²) in [6.45, 7) is 0. The summed E-state index contributed by atoms with van der Waals surface area (Å²) in [6.07, 6.45) is 1.85. The molecule has 2 heterocycles. The molecule has 0 saturated heterocycles. The van der Waals surface area contributed by atoms with E-state index < -0.39 is 0 Å². The number of para-hydroxylation sites is 1. The maximum absolute atomic E-state index is 6.73. The zero-order valence-corrected chi connectivity index (χ0v) is 26.1. The van der Waals surface area contributed by atoms with Crippen LogP contribution in [0.2, 0.25) is 0 Å². The summed E-state index contributed by atoms with van der Waals surface area (Å²) < 4.78 is 6.73. The van der Waals surface area contributed by atoms with E-state index in [1.807, 2.05) is 18.3 Å².